The van der Waals surface area contributed by atoms with Gasteiger partial charge < -0.3 is 10.3 Å². The topological polar surface area (TPSA) is 70.7 Å². The van der Waals surface area contributed by atoms with Crippen LogP contribution >= 0.6 is 0 Å². The second kappa shape index (κ2) is 3.90. The van der Waals surface area contributed by atoms with Crippen molar-refractivity contribution in [2.24, 2.45) is 0 Å². The average molecular weight is 264 g/mol. The highest BCUT2D eigenvalue weighted by Crippen LogP contribution is 2.35. The smallest absolute Gasteiger partial charge is 0.231 e. The summed E-state index contributed by atoms with van der Waals surface area (Å²) >= 11 is 0. The van der Waals surface area contributed by atoms with E-state index >= 15 is 0 Å². The number of rotatable bonds is 1. The molecule has 3 heterocycles. The van der Waals surface area contributed by atoms with E-state index in [1.54, 1.807) is 12.4 Å². The van der Waals surface area contributed by atoms with Crippen LogP contribution in [0.5, 0.6) is 0 Å². The molecule has 1 aromatic carbocycles. The van der Waals surface area contributed by atoms with Crippen LogP contribution in [0.25, 0.3) is 22.4 Å². The van der Waals surface area contributed by atoms with E-state index in [0.29, 0.717) is 0 Å². The summed E-state index contributed by atoms with van der Waals surface area (Å²) < 4.78 is 0. The number of hydrogen-bond donors (Lipinski definition) is 2. The number of benzene rings is 1. The summed E-state index contributed by atoms with van der Waals surface area (Å²) in [4.78, 5) is 23.6. The molecule has 1 aliphatic rings. The fourth-order valence-electron chi connectivity index (χ4n) is 2.57. The molecule has 5 nitrogen and oxygen atoms in total. The summed E-state index contributed by atoms with van der Waals surface area (Å²) in [5.74, 6) is 0.738. The Labute approximate surface area is 115 Å². The first-order chi connectivity index (χ1) is 9.72. The second-order valence-electron chi connectivity index (χ2n) is 4.99. The van der Waals surface area contributed by atoms with Crippen LogP contribution in [0.15, 0.2) is 36.7 Å². The predicted octanol–water partition coefficient (Wildman–Crippen LogP) is 2.68. The van der Waals surface area contributed by atoms with Gasteiger partial charge in [-0.15, -0.1) is 0 Å². The lowest BCUT2D eigenvalue weighted by Gasteiger charge is -1.99. The monoisotopic (exact) mass is 264 g/mol. The summed E-state index contributed by atoms with van der Waals surface area (Å²) in [5.41, 5.74) is 4.67. The number of hydrogen-bond acceptors (Lipinski definition) is 3. The molecule has 0 bridgehead atoms. The Morgan fingerprint density at radius 2 is 2.00 bits per heavy atom. The molecule has 1 amide bonds. The zero-order chi connectivity index (χ0) is 13.7. The number of carbonyl (C=O) groups is 1. The summed E-state index contributed by atoms with van der Waals surface area (Å²) in [6.07, 6.45) is 3.48. The zero-order valence-electron chi connectivity index (χ0n) is 10.8. The number of aromatic nitrogens is 3. The van der Waals surface area contributed by atoms with Crippen LogP contribution in [0, 0.1) is 0 Å². The van der Waals surface area contributed by atoms with E-state index in [4.69, 9.17) is 0 Å². The van der Waals surface area contributed by atoms with E-state index in [-0.39, 0.29) is 11.8 Å². The van der Waals surface area contributed by atoms with Crippen molar-refractivity contribution in [2.75, 3.05) is 5.32 Å². The number of pyridine rings is 1. The third-order valence-corrected chi connectivity index (χ3v) is 3.72. The molecule has 0 radical (unpaired) electrons. The molecule has 0 aliphatic carbocycles. The number of carbonyl (C=O) groups excluding carboxylic acids is 1. The van der Waals surface area contributed by atoms with Gasteiger partial charge in [-0.2, -0.15) is 0 Å². The number of fused-ring (bicyclic) bond motifs is 2. The van der Waals surface area contributed by atoms with E-state index in [1.165, 1.54) is 0 Å². The molecular weight excluding hydrogens is 252 g/mol. The van der Waals surface area contributed by atoms with Gasteiger partial charge in [-0.1, -0.05) is 0 Å². The van der Waals surface area contributed by atoms with Crippen molar-refractivity contribution in [1.82, 2.24) is 15.0 Å². The van der Waals surface area contributed by atoms with Gasteiger partial charge in [-0.05, 0) is 36.8 Å². The fraction of sp³-hybridized carbons (Fsp3) is 0.133. The van der Waals surface area contributed by atoms with Gasteiger partial charge in [0.05, 0.1) is 17.0 Å². The van der Waals surface area contributed by atoms with E-state index < -0.39 is 0 Å². The normalized spacial score (nSPS) is 17.2. The van der Waals surface area contributed by atoms with Crippen molar-refractivity contribution in [3.63, 3.8) is 0 Å². The number of aromatic amines is 1. The molecule has 4 rings (SSSR count). The largest absolute Gasteiger partial charge is 0.338 e. The molecule has 98 valence electrons. The maximum absolute atomic E-state index is 11.7. The molecule has 0 saturated carbocycles. The molecule has 20 heavy (non-hydrogen) atoms. The number of imidazole rings is 1. The highest BCUT2D eigenvalue weighted by Gasteiger charge is 2.27. The molecule has 1 unspecified atom stereocenters. The summed E-state index contributed by atoms with van der Waals surface area (Å²) in [5, 5.41) is 2.89. The second-order valence-corrected chi connectivity index (χ2v) is 4.99. The minimum atomic E-state index is -0.115. The quantitative estimate of drug-likeness (QED) is 0.710. The third kappa shape index (κ3) is 1.53. The molecule has 2 aromatic heterocycles. The van der Waals surface area contributed by atoms with Crippen molar-refractivity contribution in [1.29, 1.82) is 0 Å². The van der Waals surface area contributed by atoms with Gasteiger partial charge in [0.2, 0.25) is 5.91 Å². The number of nitrogens with zero attached hydrogens (tertiary/aromatic N) is 2. The maximum atomic E-state index is 11.7. The van der Waals surface area contributed by atoms with Crippen molar-refractivity contribution < 1.29 is 4.79 Å². The standard InChI is InChI=1S/C15H12N4O/c1-8-10-6-12-13(7-11(10)19-15(8)20)18-14(17-12)9-2-4-16-5-3-9/h2-8H,1H3,(H,17,18)(H,19,20). The number of amides is 1. The molecule has 3 aromatic rings. The average Bonchev–Trinajstić information content (AvgIpc) is 3.00. The Hall–Kier alpha value is -2.69. The minimum Gasteiger partial charge on any atom is -0.338 e. The van der Waals surface area contributed by atoms with Gasteiger partial charge in [0.1, 0.15) is 5.82 Å². The Bertz CT molecular complexity index is 823. The lowest BCUT2D eigenvalue weighted by molar-refractivity contribution is -0.116. The summed E-state index contributed by atoms with van der Waals surface area (Å²) in [7, 11) is 0. The molecule has 0 spiro atoms. The van der Waals surface area contributed by atoms with Gasteiger partial charge >= 0.3 is 0 Å². The van der Waals surface area contributed by atoms with E-state index in [1.807, 2.05) is 31.2 Å². The fourth-order valence-corrected chi connectivity index (χ4v) is 2.57. The van der Waals surface area contributed by atoms with E-state index in [0.717, 1.165) is 33.7 Å². The first-order valence-corrected chi connectivity index (χ1v) is 6.47. The SMILES string of the molecule is CC1C(=O)Nc2cc3[nH]c(-c4ccncc4)nc3cc21. The van der Waals surface area contributed by atoms with Crippen molar-refractivity contribution in [3.8, 4) is 11.4 Å². The molecule has 2 N–H and O–H groups in total. The minimum absolute atomic E-state index is 0.0435. The van der Waals surface area contributed by atoms with Crippen LogP contribution in [-0.2, 0) is 4.79 Å². The van der Waals surface area contributed by atoms with Gasteiger partial charge in [0, 0.05) is 23.6 Å². The molecule has 1 aliphatic heterocycles. The lowest BCUT2D eigenvalue weighted by Crippen LogP contribution is -2.08. The molecule has 1 atom stereocenters. The Morgan fingerprint density at radius 3 is 2.80 bits per heavy atom. The summed E-state index contributed by atoms with van der Waals surface area (Å²) in [6.45, 7) is 1.91. The van der Waals surface area contributed by atoms with Gasteiger partial charge in [0.15, 0.2) is 0 Å². The van der Waals surface area contributed by atoms with Crippen LogP contribution in [0.2, 0.25) is 0 Å². The highest BCUT2D eigenvalue weighted by molar-refractivity contribution is 6.05. The van der Waals surface area contributed by atoms with Crippen LogP contribution in [-0.4, -0.2) is 20.9 Å². The van der Waals surface area contributed by atoms with Crippen molar-refractivity contribution in [2.45, 2.75) is 12.8 Å². The number of nitrogens with one attached hydrogen (secondary N) is 2. The van der Waals surface area contributed by atoms with Gasteiger partial charge in [0.25, 0.3) is 0 Å². The van der Waals surface area contributed by atoms with E-state index in [9.17, 15) is 4.79 Å². The van der Waals surface area contributed by atoms with Gasteiger partial charge in [-0.3, -0.25) is 9.78 Å². The van der Waals surface area contributed by atoms with Crippen LogP contribution in [0.1, 0.15) is 18.4 Å². The number of anilines is 1. The first kappa shape index (κ1) is 11.2. The lowest BCUT2D eigenvalue weighted by atomic mass is 10.0. The van der Waals surface area contributed by atoms with Gasteiger partial charge in [-0.25, -0.2) is 4.98 Å². The zero-order valence-corrected chi connectivity index (χ0v) is 10.8. The molecule has 5 heteroatoms. The van der Waals surface area contributed by atoms with Crippen LogP contribution in [0.4, 0.5) is 5.69 Å². The van der Waals surface area contributed by atoms with Crippen molar-refractivity contribution >= 4 is 22.6 Å². The predicted molar refractivity (Wildman–Crippen MR) is 76.4 cm³/mol. The maximum Gasteiger partial charge on any atom is 0.231 e. The third-order valence-electron chi connectivity index (χ3n) is 3.72. The Balaban J connectivity index is 1.88. The van der Waals surface area contributed by atoms with Crippen LogP contribution < -0.4 is 5.32 Å². The van der Waals surface area contributed by atoms with Crippen molar-refractivity contribution in [3.05, 3.63) is 42.2 Å². The highest BCUT2D eigenvalue weighted by atomic mass is 16.2. The molecule has 0 fully saturated rings. The molecule has 0 saturated heterocycles. The van der Waals surface area contributed by atoms with Crippen LogP contribution in [0.3, 0.4) is 0 Å². The summed E-state index contributed by atoms with van der Waals surface area (Å²) in [6, 6.07) is 7.75. The number of H-pyrrole nitrogens is 1. The molecular formula is C15H12N4O. The Kier molecular flexibility index (Phi) is 2.18. The van der Waals surface area contributed by atoms with E-state index in [2.05, 4.69) is 20.3 Å². The Morgan fingerprint density at radius 1 is 1.20 bits per heavy atom. The first-order valence-electron chi connectivity index (χ1n) is 6.47.